The molecule has 0 radical (unpaired) electrons. The fourth-order valence-electron chi connectivity index (χ4n) is 2.35. The van der Waals surface area contributed by atoms with Gasteiger partial charge in [0.15, 0.2) is 6.61 Å². The van der Waals surface area contributed by atoms with Crippen LogP contribution in [0.5, 0.6) is 0 Å². The smallest absolute Gasteiger partial charge is 0.338 e. The summed E-state index contributed by atoms with van der Waals surface area (Å²) in [6.07, 6.45) is 1.46. The van der Waals surface area contributed by atoms with Crippen LogP contribution < -0.4 is 15.4 Å². The van der Waals surface area contributed by atoms with Gasteiger partial charge in [-0.25, -0.2) is 18.0 Å². The van der Waals surface area contributed by atoms with Gasteiger partial charge in [0.25, 0.3) is 15.9 Å². The van der Waals surface area contributed by atoms with Crippen molar-refractivity contribution in [1.29, 1.82) is 0 Å². The minimum Gasteiger partial charge on any atom is -0.452 e. The number of benzene rings is 2. The third kappa shape index (κ3) is 9.00. The van der Waals surface area contributed by atoms with Crippen molar-refractivity contribution in [2.45, 2.75) is 26.3 Å². The monoisotopic (exact) mass is 459 g/mol. The first kappa shape index (κ1) is 24.6. The number of carbonyl (C=O) groups is 3. The molecule has 10 heteroatoms. The van der Waals surface area contributed by atoms with E-state index in [1.807, 2.05) is 6.07 Å². The molecule has 0 aliphatic rings. The molecule has 3 amide bonds. The number of esters is 1. The van der Waals surface area contributed by atoms with E-state index in [0.717, 1.165) is 11.0 Å². The largest absolute Gasteiger partial charge is 0.452 e. The molecular formula is C22H25N3O6S. The SMILES string of the molecule is CC(C)(C)NC(=O)NC(=O)COC(=O)c1ccc(NS(=O)(=O)C=Cc2ccccc2)cc1. The second-order valence-corrected chi connectivity index (χ2v) is 9.33. The molecule has 0 aliphatic carbocycles. The van der Waals surface area contributed by atoms with E-state index in [9.17, 15) is 22.8 Å². The van der Waals surface area contributed by atoms with E-state index in [-0.39, 0.29) is 11.3 Å². The number of imide groups is 1. The minimum atomic E-state index is -3.75. The number of anilines is 1. The Hall–Kier alpha value is -3.66. The maximum absolute atomic E-state index is 12.2. The van der Waals surface area contributed by atoms with Crippen LogP contribution in [0.3, 0.4) is 0 Å². The molecule has 2 rings (SSSR count). The summed E-state index contributed by atoms with van der Waals surface area (Å²) >= 11 is 0. The summed E-state index contributed by atoms with van der Waals surface area (Å²) in [4.78, 5) is 35.4. The second kappa shape index (κ2) is 10.6. The van der Waals surface area contributed by atoms with Crippen molar-refractivity contribution >= 4 is 39.7 Å². The second-order valence-electron chi connectivity index (χ2n) is 7.77. The average molecular weight is 460 g/mol. The molecule has 0 atom stereocenters. The van der Waals surface area contributed by atoms with Gasteiger partial charge in [0.05, 0.1) is 11.0 Å². The van der Waals surface area contributed by atoms with Crippen LogP contribution in [-0.4, -0.2) is 38.5 Å². The molecule has 9 nitrogen and oxygen atoms in total. The highest BCUT2D eigenvalue weighted by atomic mass is 32.2. The standard InChI is InChI=1S/C22H25N3O6S/c1-22(2,3)24-21(28)23-19(26)15-31-20(27)17-9-11-18(12-10-17)25-32(29,30)14-13-16-7-5-4-6-8-16/h4-14,25H,15H2,1-3H3,(H2,23,24,26,28). The first-order valence-corrected chi connectivity index (χ1v) is 11.1. The first-order valence-electron chi connectivity index (χ1n) is 9.59. The lowest BCUT2D eigenvalue weighted by molar-refractivity contribution is -0.123. The summed E-state index contributed by atoms with van der Waals surface area (Å²) < 4.78 is 31.6. The van der Waals surface area contributed by atoms with E-state index in [2.05, 4.69) is 15.4 Å². The number of amides is 3. The fourth-order valence-corrected chi connectivity index (χ4v) is 3.22. The number of carbonyl (C=O) groups excluding carboxylic acids is 3. The van der Waals surface area contributed by atoms with Crippen LogP contribution in [0.2, 0.25) is 0 Å². The van der Waals surface area contributed by atoms with Crippen molar-refractivity contribution in [3.05, 3.63) is 71.1 Å². The van der Waals surface area contributed by atoms with Crippen molar-refractivity contribution in [1.82, 2.24) is 10.6 Å². The number of sulfonamides is 1. The molecule has 2 aromatic rings. The summed E-state index contributed by atoms with van der Waals surface area (Å²) in [7, 11) is -3.75. The molecule has 2 aromatic carbocycles. The van der Waals surface area contributed by atoms with Gasteiger partial charge in [0.1, 0.15) is 0 Å². The summed E-state index contributed by atoms with van der Waals surface area (Å²) in [6.45, 7) is 4.61. The van der Waals surface area contributed by atoms with Crippen LogP contribution in [0.1, 0.15) is 36.7 Å². The maximum Gasteiger partial charge on any atom is 0.338 e. The van der Waals surface area contributed by atoms with Gasteiger partial charge in [-0.15, -0.1) is 0 Å². The highest BCUT2D eigenvalue weighted by Crippen LogP contribution is 2.13. The highest BCUT2D eigenvalue weighted by molar-refractivity contribution is 7.95. The van der Waals surface area contributed by atoms with Crippen LogP contribution in [0.4, 0.5) is 10.5 Å². The molecular weight excluding hydrogens is 434 g/mol. The number of urea groups is 1. The quantitative estimate of drug-likeness (QED) is 0.546. The molecule has 170 valence electrons. The van der Waals surface area contributed by atoms with E-state index < -0.39 is 40.1 Å². The lowest BCUT2D eigenvalue weighted by atomic mass is 10.1. The molecule has 0 bridgehead atoms. The van der Waals surface area contributed by atoms with Gasteiger partial charge in [-0.3, -0.25) is 14.8 Å². The van der Waals surface area contributed by atoms with E-state index in [4.69, 9.17) is 4.74 Å². The van der Waals surface area contributed by atoms with E-state index in [1.54, 1.807) is 45.0 Å². The zero-order valence-corrected chi connectivity index (χ0v) is 18.7. The van der Waals surface area contributed by atoms with Gasteiger partial charge in [0, 0.05) is 11.2 Å². The molecule has 32 heavy (non-hydrogen) atoms. The molecule has 0 heterocycles. The summed E-state index contributed by atoms with van der Waals surface area (Å²) in [6, 6.07) is 13.7. The number of ether oxygens (including phenoxy) is 1. The number of hydrogen-bond acceptors (Lipinski definition) is 6. The van der Waals surface area contributed by atoms with Gasteiger partial charge < -0.3 is 10.1 Å². The van der Waals surface area contributed by atoms with Gasteiger partial charge in [-0.2, -0.15) is 0 Å². The zero-order valence-electron chi connectivity index (χ0n) is 17.9. The van der Waals surface area contributed by atoms with Gasteiger partial charge >= 0.3 is 12.0 Å². The Morgan fingerprint density at radius 1 is 0.969 bits per heavy atom. The predicted octanol–water partition coefficient (Wildman–Crippen LogP) is 2.88. The third-order valence-electron chi connectivity index (χ3n) is 3.70. The van der Waals surface area contributed by atoms with E-state index in [1.165, 1.54) is 30.3 Å². The molecule has 0 saturated carbocycles. The van der Waals surface area contributed by atoms with E-state index in [0.29, 0.717) is 0 Å². The maximum atomic E-state index is 12.2. The highest BCUT2D eigenvalue weighted by Gasteiger charge is 2.17. The molecule has 3 N–H and O–H groups in total. The summed E-state index contributed by atoms with van der Waals surface area (Å²) in [5, 5.41) is 5.63. The van der Waals surface area contributed by atoms with Gasteiger partial charge in [0.2, 0.25) is 0 Å². The number of hydrogen-bond donors (Lipinski definition) is 3. The Balaban J connectivity index is 1.87. The van der Waals surface area contributed by atoms with Crippen molar-refractivity contribution in [2.24, 2.45) is 0 Å². The van der Waals surface area contributed by atoms with Crippen LogP contribution in [0, 0.1) is 0 Å². The number of nitrogens with one attached hydrogen (secondary N) is 3. The Labute approximate surface area is 186 Å². The minimum absolute atomic E-state index is 0.111. The average Bonchev–Trinajstić information content (AvgIpc) is 2.70. The molecule has 0 fully saturated rings. The topological polar surface area (TPSA) is 131 Å². The molecule has 0 saturated heterocycles. The molecule has 0 aliphatic heterocycles. The Morgan fingerprint density at radius 2 is 1.59 bits per heavy atom. The van der Waals surface area contributed by atoms with Crippen molar-refractivity contribution in [2.75, 3.05) is 11.3 Å². The lowest BCUT2D eigenvalue weighted by Gasteiger charge is -2.20. The Kier molecular flexibility index (Phi) is 8.14. The van der Waals surface area contributed by atoms with Crippen molar-refractivity contribution in [3.63, 3.8) is 0 Å². The van der Waals surface area contributed by atoms with Crippen LogP contribution in [-0.2, 0) is 19.6 Å². The van der Waals surface area contributed by atoms with Gasteiger partial charge in [-0.1, -0.05) is 30.3 Å². The third-order valence-corrected chi connectivity index (χ3v) is 4.71. The van der Waals surface area contributed by atoms with Gasteiger partial charge in [-0.05, 0) is 56.7 Å². The number of rotatable bonds is 7. The van der Waals surface area contributed by atoms with E-state index >= 15 is 0 Å². The Morgan fingerprint density at radius 3 is 2.19 bits per heavy atom. The normalized spacial score (nSPS) is 11.6. The predicted molar refractivity (Wildman–Crippen MR) is 121 cm³/mol. The lowest BCUT2D eigenvalue weighted by Crippen LogP contribution is -2.49. The zero-order chi connectivity index (χ0) is 23.8. The first-order chi connectivity index (χ1) is 14.9. The molecule has 0 spiro atoms. The molecule has 0 aromatic heterocycles. The van der Waals surface area contributed by atoms with Crippen molar-refractivity contribution < 1.29 is 27.5 Å². The Bertz CT molecular complexity index is 1090. The summed E-state index contributed by atoms with van der Waals surface area (Å²) in [5.74, 6) is -1.58. The van der Waals surface area contributed by atoms with Crippen LogP contribution in [0.25, 0.3) is 6.08 Å². The molecule has 0 unspecified atom stereocenters. The summed E-state index contributed by atoms with van der Waals surface area (Å²) in [5.41, 5.74) is 0.563. The van der Waals surface area contributed by atoms with Crippen molar-refractivity contribution in [3.8, 4) is 0 Å². The van der Waals surface area contributed by atoms with Crippen LogP contribution >= 0.6 is 0 Å². The van der Waals surface area contributed by atoms with Crippen LogP contribution in [0.15, 0.2) is 60.0 Å². The fraction of sp³-hybridized carbons (Fsp3) is 0.227.